The van der Waals surface area contributed by atoms with Gasteiger partial charge in [-0.25, -0.2) is 4.79 Å². The van der Waals surface area contributed by atoms with Gasteiger partial charge in [0.25, 0.3) is 0 Å². The fourth-order valence-electron chi connectivity index (χ4n) is 5.68. The third kappa shape index (κ3) is 35.2. The highest BCUT2D eigenvalue weighted by atomic mass is 16.5. The van der Waals surface area contributed by atoms with Gasteiger partial charge < -0.3 is 4.74 Å². The normalized spacial score (nSPS) is 11.6. The van der Waals surface area contributed by atoms with Gasteiger partial charge in [-0.05, 0) is 19.3 Å². The van der Waals surface area contributed by atoms with Crippen LogP contribution >= 0.6 is 0 Å². The molecule has 0 aromatic rings. The topological polar surface area (TPSA) is 26.3 Å². The molecule has 0 spiro atoms. The van der Waals surface area contributed by atoms with Crippen LogP contribution in [0.1, 0.15) is 219 Å². The quantitative estimate of drug-likeness (QED) is 0.0443. The second-order valence-electron chi connectivity index (χ2n) is 12.6. The SMILES string of the molecule is CCCCCCCCCCCCCCCCCCCC=CC(=O)OCCCCCCCCCCCCCCCC. The Morgan fingerprint density at radius 2 is 0.675 bits per heavy atom. The van der Waals surface area contributed by atoms with Crippen LogP contribution in [0.25, 0.3) is 0 Å². The Labute approximate surface area is 253 Å². The molecule has 0 unspecified atom stereocenters. The average molecular weight is 563 g/mol. The minimum atomic E-state index is -0.151. The van der Waals surface area contributed by atoms with E-state index in [-0.39, 0.29) is 5.97 Å². The van der Waals surface area contributed by atoms with E-state index in [0.717, 1.165) is 12.8 Å². The Kier molecular flexibility index (Phi) is 35.5. The highest BCUT2D eigenvalue weighted by molar-refractivity contribution is 5.81. The average Bonchev–Trinajstić information content (AvgIpc) is 2.96. The van der Waals surface area contributed by atoms with E-state index in [4.69, 9.17) is 4.74 Å². The first-order valence-electron chi connectivity index (χ1n) is 18.6. The summed E-state index contributed by atoms with van der Waals surface area (Å²) in [5, 5.41) is 0. The molecular weight excluding hydrogens is 488 g/mol. The third-order valence-electron chi connectivity index (χ3n) is 8.47. The van der Waals surface area contributed by atoms with E-state index >= 15 is 0 Å². The summed E-state index contributed by atoms with van der Waals surface area (Å²) in [7, 11) is 0. The Morgan fingerprint density at radius 3 is 1.00 bits per heavy atom. The van der Waals surface area contributed by atoms with Gasteiger partial charge in [-0.3, -0.25) is 0 Å². The van der Waals surface area contributed by atoms with E-state index in [1.807, 2.05) is 6.08 Å². The van der Waals surface area contributed by atoms with Crippen molar-refractivity contribution in [2.45, 2.75) is 219 Å². The fourth-order valence-corrected chi connectivity index (χ4v) is 5.68. The Bertz CT molecular complexity index is 498. The predicted molar refractivity (Wildman–Crippen MR) is 179 cm³/mol. The summed E-state index contributed by atoms with van der Waals surface area (Å²) in [5.74, 6) is -0.151. The molecule has 0 aliphatic rings. The number of carbonyl (C=O) groups is 1. The molecule has 0 heterocycles. The molecule has 0 bridgehead atoms. The zero-order valence-corrected chi connectivity index (χ0v) is 27.8. The van der Waals surface area contributed by atoms with E-state index < -0.39 is 0 Å². The van der Waals surface area contributed by atoms with Gasteiger partial charge in [0.15, 0.2) is 0 Å². The van der Waals surface area contributed by atoms with Crippen molar-refractivity contribution >= 4 is 5.97 Å². The number of rotatable bonds is 34. The summed E-state index contributed by atoms with van der Waals surface area (Å²) < 4.78 is 5.36. The van der Waals surface area contributed by atoms with Crippen LogP contribution in [0.3, 0.4) is 0 Å². The van der Waals surface area contributed by atoms with Crippen molar-refractivity contribution in [3.63, 3.8) is 0 Å². The molecule has 40 heavy (non-hydrogen) atoms. The van der Waals surface area contributed by atoms with Crippen LogP contribution in [0.15, 0.2) is 12.2 Å². The number of unbranched alkanes of at least 4 members (excludes halogenated alkanes) is 30. The van der Waals surface area contributed by atoms with Crippen LogP contribution in [0.4, 0.5) is 0 Å². The lowest BCUT2D eigenvalue weighted by Crippen LogP contribution is -2.02. The summed E-state index contributed by atoms with van der Waals surface area (Å²) in [4.78, 5) is 11.9. The molecule has 0 saturated heterocycles. The lowest BCUT2D eigenvalue weighted by atomic mass is 10.0. The van der Waals surface area contributed by atoms with Crippen molar-refractivity contribution in [2.75, 3.05) is 6.61 Å². The molecule has 0 radical (unpaired) electrons. The van der Waals surface area contributed by atoms with E-state index in [0.29, 0.717) is 6.61 Å². The molecule has 0 saturated carbocycles. The lowest BCUT2D eigenvalue weighted by Gasteiger charge is -2.04. The maximum atomic E-state index is 11.9. The van der Waals surface area contributed by atoms with Gasteiger partial charge in [-0.15, -0.1) is 0 Å². The van der Waals surface area contributed by atoms with E-state index in [2.05, 4.69) is 13.8 Å². The molecule has 0 atom stereocenters. The minimum Gasteiger partial charge on any atom is -0.463 e. The first-order chi connectivity index (χ1) is 19.8. The molecule has 2 heteroatoms. The van der Waals surface area contributed by atoms with Crippen molar-refractivity contribution in [3.05, 3.63) is 12.2 Å². The Hall–Kier alpha value is -0.790. The van der Waals surface area contributed by atoms with Gasteiger partial charge >= 0.3 is 5.97 Å². The summed E-state index contributed by atoms with van der Waals surface area (Å²) in [6.07, 6.45) is 47.4. The van der Waals surface area contributed by atoms with E-state index in [1.54, 1.807) is 6.08 Å². The zero-order valence-electron chi connectivity index (χ0n) is 27.8. The number of allylic oxidation sites excluding steroid dienone is 1. The van der Waals surface area contributed by atoms with Gasteiger partial charge in [-0.2, -0.15) is 0 Å². The van der Waals surface area contributed by atoms with Crippen LogP contribution in [0.5, 0.6) is 0 Å². The monoisotopic (exact) mass is 563 g/mol. The molecule has 0 fully saturated rings. The molecule has 0 aromatic heterocycles. The molecule has 238 valence electrons. The van der Waals surface area contributed by atoms with E-state index in [1.165, 1.54) is 193 Å². The fraction of sp³-hybridized carbons (Fsp3) is 0.921. The van der Waals surface area contributed by atoms with E-state index in [9.17, 15) is 4.79 Å². The minimum absolute atomic E-state index is 0.151. The van der Waals surface area contributed by atoms with Gasteiger partial charge in [0.1, 0.15) is 0 Å². The number of carbonyl (C=O) groups excluding carboxylic acids is 1. The molecule has 0 aromatic carbocycles. The number of ether oxygens (including phenoxy) is 1. The van der Waals surface area contributed by atoms with Crippen molar-refractivity contribution < 1.29 is 9.53 Å². The van der Waals surface area contributed by atoms with Gasteiger partial charge in [0, 0.05) is 6.08 Å². The molecular formula is C38H74O2. The van der Waals surface area contributed by atoms with Crippen LogP contribution in [-0.4, -0.2) is 12.6 Å². The van der Waals surface area contributed by atoms with Crippen LogP contribution in [0.2, 0.25) is 0 Å². The first kappa shape index (κ1) is 39.2. The third-order valence-corrected chi connectivity index (χ3v) is 8.47. The van der Waals surface area contributed by atoms with Crippen molar-refractivity contribution in [2.24, 2.45) is 0 Å². The summed E-state index contributed by atoms with van der Waals surface area (Å²) in [6.45, 7) is 5.16. The molecule has 0 rings (SSSR count). The first-order valence-corrected chi connectivity index (χ1v) is 18.6. The number of hydrogen-bond donors (Lipinski definition) is 0. The van der Waals surface area contributed by atoms with Crippen molar-refractivity contribution in [1.29, 1.82) is 0 Å². The molecule has 0 amide bonds. The van der Waals surface area contributed by atoms with Crippen LogP contribution < -0.4 is 0 Å². The number of esters is 1. The van der Waals surface area contributed by atoms with Crippen molar-refractivity contribution in [3.8, 4) is 0 Å². The molecule has 0 aliphatic carbocycles. The largest absolute Gasteiger partial charge is 0.463 e. The standard InChI is InChI=1S/C38H74O2/c1-3-5-7-9-11-13-15-17-19-20-21-22-23-24-26-28-30-32-34-36-38(39)40-37-35-33-31-29-27-25-18-16-14-12-10-8-6-4-2/h34,36H,3-33,35,37H2,1-2H3. The maximum absolute atomic E-state index is 11.9. The Morgan fingerprint density at radius 1 is 0.400 bits per heavy atom. The summed E-state index contributed by atoms with van der Waals surface area (Å²) in [5.41, 5.74) is 0. The van der Waals surface area contributed by atoms with Gasteiger partial charge in [0.2, 0.25) is 0 Å². The highest BCUT2D eigenvalue weighted by Crippen LogP contribution is 2.15. The van der Waals surface area contributed by atoms with Gasteiger partial charge in [-0.1, -0.05) is 206 Å². The van der Waals surface area contributed by atoms with Crippen LogP contribution in [-0.2, 0) is 9.53 Å². The second kappa shape index (κ2) is 36.2. The predicted octanol–water partition coefficient (Wildman–Crippen LogP) is 13.6. The Balaban J connectivity index is 3.21. The zero-order chi connectivity index (χ0) is 29.0. The molecule has 0 aliphatic heterocycles. The lowest BCUT2D eigenvalue weighted by molar-refractivity contribution is -0.137. The van der Waals surface area contributed by atoms with Crippen LogP contribution in [0, 0.1) is 0 Å². The summed E-state index contributed by atoms with van der Waals surface area (Å²) >= 11 is 0. The summed E-state index contributed by atoms with van der Waals surface area (Å²) in [6, 6.07) is 0. The maximum Gasteiger partial charge on any atom is 0.330 e. The van der Waals surface area contributed by atoms with Gasteiger partial charge in [0.05, 0.1) is 6.61 Å². The number of hydrogen-bond acceptors (Lipinski definition) is 2. The second-order valence-corrected chi connectivity index (χ2v) is 12.6. The highest BCUT2D eigenvalue weighted by Gasteiger charge is 1.98. The molecule has 0 N–H and O–H groups in total. The van der Waals surface area contributed by atoms with Crippen molar-refractivity contribution in [1.82, 2.24) is 0 Å². The molecule has 2 nitrogen and oxygen atoms in total. The smallest absolute Gasteiger partial charge is 0.330 e.